The van der Waals surface area contributed by atoms with Gasteiger partial charge in [-0.05, 0) is 74.4 Å². The van der Waals surface area contributed by atoms with Crippen molar-refractivity contribution in [2.24, 2.45) is 5.92 Å². The first-order valence-electron chi connectivity index (χ1n) is 10.8. The van der Waals surface area contributed by atoms with Crippen LogP contribution in [0.15, 0.2) is 42.5 Å². The third-order valence-electron chi connectivity index (χ3n) is 5.49. The molecule has 0 N–H and O–H groups in total. The average molecular weight is 426 g/mol. The van der Waals surface area contributed by atoms with Crippen LogP contribution in [-0.4, -0.2) is 25.3 Å². The van der Waals surface area contributed by atoms with Crippen molar-refractivity contribution in [1.29, 1.82) is 5.26 Å². The largest absolute Gasteiger partial charge is 0.493 e. The standard InChI is InChI=1S/C25H28FNO4/c1-2-3-14-29-21-9-4-18(5-10-21)17-30-22-11-6-19(7-12-22)25(28)31-23-13-8-20(16-27)24(26)15-23/h6-8,11-13,15,18,21H,2-5,9-10,14,17H2,1H3. The lowest BCUT2D eigenvalue weighted by atomic mass is 9.88. The van der Waals surface area contributed by atoms with E-state index in [0.29, 0.717) is 29.9 Å². The summed E-state index contributed by atoms with van der Waals surface area (Å²) in [6, 6.07) is 12.1. The van der Waals surface area contributed by atoms with Crippen molar-refractivity contribution < 1.29 is 23.4 Å². The molecule has 3 rings (SSSR count). The molecule has 164 valence electrons. The molecular formula is C25H28FNO4. The van der Waals surface area contributed by atoms with E-state index in [1.807, 2.05) is 0 Å². The fourth-order valence-electron chi connectivity index (χ4n) is 3.58. The van der Waals surface area contributed by atoms with Gasteiger partial charge in [0.05, 0.1) is 23.8 Å². The number of unbranched alkanes of at least 4 members (excludes halogenated alkanes) is 1. The van der Waals surface area contributed by atoms with Crippen LogP contribution in [0.1, 0.15) is 61.4 Å². The molecule has 0 saturated heterocycles. The molecule has 0 bridgehead atoms. The van der Waals surface area contributed by atoms with Gasteiger partial charge >= 0.3 is 5.97 Å². The average Bonchev–Trinajstić information content (AvgIpc) is 2.79. The monoisotopic (exact) mass is 425 g/mol. The minimum Gasteiger partial charge on any atom is -0.493 e. The fourth-order valence-corrected chi connectivity index (χ4v) is 3.58. The zero-order valence-corrected chi connectivity index (χ0v) is 17.8. The number of benzene rings is 2. The summed E-state index contributed by atoms with van der Waals surface area (Å²) in [5, 5.41) is 8.76. The van der Waals surface area contributed by atoms with E-state index < -0.39 is 11.8 Å². The second kappa shape index (κ2) is 11.5. The van der Waals surface area contributed by atoms with Gasteiger partial charge < -0.3 is 14.2 Å². The van der Waals surface area contributed by atoms with Crippen LogP contribution >= 0.6 is 0 Å². The van der Waals surface area contributed by atoms with E-state index in [9.17, 15) is 9.18 Å². The molecule has 1 aliphatic carbocycles. The number of hydrogen-bond donors (Lipinski definition) is 0. The Bertz CT molecular complexity index is 899. The highest BCUT2D eigenvalue weighted by atomic mass is 19.1. The molecule has 0 heterocycles. The molecule has 0 unspecified atom stereocenters. The normalized spacial score (nSPS) is 18.2. The maximum atomic E-state index is 13.6. The zero-order chi connectivity index (χ0) is 22.1. The molecule has 31 heavy (non-hydrogen) atoms. The molecule has 0 amide bonds. The Hall–Kier alpha value is -2.91. The van der Waals surface area contributed by atoms with Gasteiger partial charge in [0.15, 0.2) is 0 Å². The van der Waals surface area contributed by atoms with E-state index in [1.54, 1.807) is 30.3 Å². The van der Waals surface area contributed by atoms with Crippen LogP contribution in [0, 0.1) is 23.1 Å². The molecule has 1 saturated carbocycles. The van der Waals surface area contributed by atoms with E-state index in [4.69, 9.17) is 19.5 Å². The maximum Gasteiger partial charge on any atom is 0.343 e. The Morgan fingerprint density at radius 3 is 2.45 bits per heavy atom. The molecule has 5 nitrogen and oxygen atoms in total. The number of nitriles is 1. The Labute approximate surface area is 182 Å². The van der Waals surface area contributed by atoms with Crippen LogP contribution in [0.4, 0.5) is 4.39 Å². The Morgan fingerprint density at radius 1 is 1.10 bits per heavy atom. The molecule has 0 aromatic heterocycles. The number of hydrogen-bond acceptors (Lipinski definition) is 5. The topological polar surface area (TPSA) is 68.6 Å². The van der Waals surface area contributed by atoms with Crippen LogP contribution in [0.5, 0.6) is 11.5 Å². The fraction of sp³-hybridized carbons (Fsp3) is 0.440. The van der Waals surface area contributed by atoms with Gasteiger partial charge in [0.25, 0.3) is 0 Å². The van der Waals surface area contributed by atoms with Gasteiger partial charge in [-0.3, -0.25) is 0 Å². The van der Waals surface area contributed by atoms with Gasteiger partial charge in [0.2, 0.25) is 0 Å². The smallest absolute Gasteiger partial charge is 0.343 e. The van der Waals surface area contributed by atoms with E-state index >= 15 is 0 Å². The molecular weight excluding hydrogens is 397 g/mol. The Morgan fingerprint density at radius 2 is 1.81 bits per heavy atom. The number of halogens is 1. The SMILES string of the molecule is CCCCOC1CCC(COc2ccc(C(=O)Oc3ccc(C#N)c(F)c3)cc2)CC1. The van der Waals surface area contributed by atoms with Crippen molar-refractivity contribution in [2.75, 3.05) is 13.2 Å². The molecule has 0 spiro atoms. The van der Waals surface area contributed by atoms with Crippen molar-refractivity contribution in [1.82, 2.24) is 0 Å². The lowest BCUT2D eigenvalue weighted by Crippen LogP contribution is -2.25. The highest BCUT2D eigenvalue weighted by molar-refractivity contribution is 5.91. The van der Waals surface area contributed by atoms with Crippen molar-refractivity contribution in [3.8, 4) is 17.6 Å². The van der Waals surface area contributed by atoms with Crippen LogP contribution in [0.25, 0.3) is 0 Å². The van der Waals surface area contributed by atoms with E-state index in [1.165, 1.54) is 12.1 Å². The molecule has 0 aliphatic heterocycles. The summed E-state index contributed by atoms with van der Waals surface area (Å²) < 4.78 is 30.6. The minimum absolute atomic E-state index is 0.0519. The number of carbonyl (C=O) groups excluding carboxylic acids is 1. The first-order chi connectivity index (χ1) is 15.1. The third kappa shape index (κ3) is 6.80. The number of carbonyl (C=O) groups is 1. The number of esters is 1. The quantitative estimate of drug-likeness (QED) is 0.294. The van der Waals surface area contributed by atoms with Crippen LogP contribution in [0.2, 0.25) is 0 Å². The van der Waals surface area contributed by atoms with Crippen LogP contribution in [0.3, 0.4) is 0 Å². The molecule has 2 aromatic rings. The van der Waals surface area contributed by atoms with Crippen molar-refractivity contribution in [3.05, 3.63) is 59.4 Å². The summed E-state index contributed by atoms with van der Waals surface area (Å²) in [5.74, 6) is -0.0597. The molecule has 2 aromatic carbocycles. The van der Waals surface area contributed by atoms with Gasteiger partial charge in [0, 0.05) is 12.7 Å². The molecule has 1 fully saturated rings. The predicted octanol–water partition coefficient (Wildman–Crippen LogP) is 5.67. The molecule has 0 atom stereocenters. The van der Waals surface area contributed by atoms with Crippen molar-refractivity contribution >= 4 is 5.97 Å². The van der Waals surface area contributed by atoms with Crippen molar-refractivity contribution in [2.45, 2.75) is 51.6 Å². The van der Waals surface area contributed by atoms with Gasteiger partial charge in [0.1, 0.15) is 23.4 Å². The maximum absolute atomic E-state index is 13.6. The summed E-state index contributed by atoms with van der Waals surface area (Å²) >= 11 is 0. The number of ether oxygens (including phenoxy) is 3. The Balaban J connectivity index is 1.43. The first kappa shape index (κ1) is 22.8. The summed E-state index contributed by atoms with van der Waals surface area (Å²) in [5.41, 5.74) is 0.237. The van der Waals surface area contributed by atoms with Gasteiger partial charge in [-0.1, -0.05) is 13.3 Å². The lowest BCUT2D eigenvalue weighted by molar-refractivity contribution is 0.0116. The minimum atomic E-state index is -0.724. The number of rotatable bonds is 9. The lowest BCUT2D eigenvalue weighted by Gasteiger charge is -2.28. The summed E-state index contributed by atoms with van der Waals surface area (Å²) in [7, 11) is 0. The summed E-state index contributed by atoms with van der Waals surface area (Å²) in [4.78, 5) is 12.3. The van der Waals surface area contributed by atoms with Gasteiger partial charge in [-0.25, -0.2) is 9.18 Å². The molecule has 0 radical (unpaired) electrons. The summed E-state index contributed by atoms with van der Waals surface area (Å²) in [6.45, 7) is 3.68. The zero-order valence-electron chi connectivity index (χ0n) is 17.8. The Kier molecular flexibility index (Phi) is 8.43. The molecule has 6 heteroatoms. The van der Waals surface area contributed by atoms with Crippen molar-refractivity contribution in [3.63, 3.8) is 0 Å². The van der Waals surface area contributed by atoms with E-state index in [0.717, 1.165) is 51.2 Å². The van der Waals surface area contributed by atoms with E-state index in [-0.39, 0.29) is 11.3 Å². The second-order valence-electron chi connectivity index (χ2n) is 7.85. The highest BCUT2D eigenvalue weighted by Gasteiger charge is 2.22. The third-order valence-corrected chi connectivity index (χ3v) is 5.49. The number of nitrogens with zero attached hydrogens (tertiary/aromatic N) is 1. The van der Waals surface area contributed by atoms with Crippen LogP contribution in [-0.2, 0) is 4.74 Å². The first-order valence-corrected chi connectivity index (χ1v) is 10.8. The predicted molar refractivity (Wildman–Crippen MR) is 115 cm³/mol. The second-order valence-corrected chi connectivity index (χ2v) is 7.85. The highest BCUT2D eigenvalue weighted by Crippen LogP contribution is 2.27. The summed E-state index contributed by atoms with van der Waals surface area (Å²) in [6.07, 6.45) is 7.03. The molecule has 1 aliphatic rings. The van der Waals surface area contributed by atoms with E-state index in [2.05, 4.69) is 6.92 Å². The van der Waals surface area contributed by atoms with Gasteiger partial charge in [-0.15, -0.1) is 0 Å². The van der Waals surface area contributed by atoms with Gasteiger partial charge in [-0.2, -0.15) is 5.26 Å². The van der Waals surface area contributed by atoms with Crippen LogP contribution < -0.4 is 9.47 Å².